The van der Waals surface area contributed by atoms with Crippen LogP contribution in [0.2, 0.25) is 5.02 Å². The van der Waals surface area contributed by atoms with Crippen molar-refractivity contribution in [1.82, 2.24) is 5.32 Å². The minimum atomic E-state index is 0.142. The zero-order chi connectivity index (χ0) is 12.3. The Morgan fingerprint density at radius 3 is 2.76 bits per heavy atom. The van der Waals surface area contributed by atoms with E-state index in [-0.39, 0.29) is 12.6 Å². The summed E-state index contributed by atoms with van der Waals surface area (Å²) in [6.45, 7) is 4.18. The quantitative estimate of drug-likeness (QED) is 0.846. The van der Waals surface area contributed by atoms with Gasteiger partial charge in [-0.1, -0.05) is 11.6 Å². The molecule has 94 valence electrons. The van der Waals surface area contributed by atoms with E-state index in [1.54, 1.807) is 0 Å². The number of rotatable bonds is 2. The highest BCUT2D eigenvalue weighted by atomic mass is 35.5. The minimum Gasteiger partial charge on any atom is -0.395 e. The third-order valence-corrected chi connectivity index (χ3v) is 3.46. The molecule has 2 unspecified atom stereocenters. The van der Waals surface area contributed by atoms with Crippen molar-refractivity contribution in [2.75, 3.05) is 24.6 Å². The first-order chi connectivity index (χ1) is 8.19. The van der Waals surface area contributed by atoms with E-state index in [4.69, 9.17) is 11.6 Å². The van der Waals surface area contributed by atoms with Crippen LogP contribution in [0.5, 0.6) is 0 Å². The lowest BCUT2D eigenvalue weighted by Gasteiger charge is -2.25. The number of benzene rings is 1. The van der Waals surface area contributed by atoms with Crippen LogP contribution >= 0.6 is 11.6 Å². The summed E-state index contributed by atoms with van der Waals surface area (Å²) < 4.78 is 0. The van der Waals surface area contributed by atoms with Gasteiger partial charge in [-0.15, -0.1) is 0 Å². The Morgan fingerprint density at radius 1 is 1.41 bits per heavy atom. The minimum absolute atomic E-state index is 0.142. The Balaban J connectivity index is 2.11. The van der Waals surface area contributed by atoms with Gasteiger partial charge in [0, 0.05) is 35.9 Å². The molecular formula is C13H19ClN2O. The van der Waals surface area contributed by atoms with Crippen molar-refractivity contribution in [2.45, 2.75) is 25.4 Å². The van der Waals surface area contributed by atoms with Gasteiger partial charge in [-0.25, -0.2) is 0 Å². The molecule has 3 nitrogen and oxygen atoms in total. The SMILES string of the molecule is CC1CCN(c2ccc(Cl)cc2)CC(CO)N1. The Labute approximate surface area is 107 Å². The van der Waals surface area contributed by atoms with Crippen LogP contribution < -0.4 is 10.2 Å². The number of aliphatic hydroxyl groups excluding tert-OH is 1. The molecular weight excluding hydrogens is 236 g/mol. The van der Waals surface area contributed by atoms with Crippen LogP contribution in [0.3, 0.4) is 0 Å². The van der Waals surface area contributed by atoms with E-state index in [1.165, 1.54) is 5.69 Å². The van der Waals surface area contributed by atoms with Crippen molar-refractivity contribution in [3.63, 3.8) is 0 Å². The first kappa shape index (κ1) is 12.7. The Bertz CT molecular complexity index is 355. The van der Waals surface area contributed by atoms with Crippen molar-refractivity contribution in [2.24, 2.45) is 0 Å². The standard InChI is InChI=1S/C13H19ClN2O/c1-10-6-7-16(8-12(9-17)15-10)13-4-2-11(14)3-5-13/h2-5,10,12,15,17H,6-9H2,1H3. The van der Waals surface area contributed by atoms with Crippen LogP contribution in [-0.2, 0) is 0 Å². The Hall–Kier alpha value is -0.770. The second-order valence-corrected chi connectivity index (χ2v) is 5.09. The van der Waals surface area contributed by atoms with Gasteiger partial charge >= 0.3 is 0 Å². The fraction of sp³-hybridized carbons (Fsp3) is 0.538. The van der Waals surface area contributed by atoms with E-state index in [0.29, 0.717) is 6.04 Å². The van der Waals surface area contributed by atoms with Crippen LogP contribution in [0.25, 0.3) is 0 Å². The molecule has 1 aromatic rings. The number of hydrogen-bond acceptors (Lipinski definition) is 3. The second kappa shape index (κ2) is 5.71. The first-order valence-corrected chi connectivity index (χ1v) is 6.44. The maximum Gasteiger partial charge on any atom is 0.0602 e. The highest BCUT2D eigenvalue weighted by Gasteiger charge is 2.20. The van der Waals surface area contributed by atoms with Crippen molar-refractivity contribution >= 4 is 17.3 Å². The van der Waals surface area contributed by atoms with Crippen molar-refractivity contribution in [1.29, 1.82) is 0 Å². The van der Waals surface area contributed by atoms with E-state index in [1.807, 2.05) is 24.3 Å². The molecule has 1 aromatic carbocycles. The number of nitrogens with zero attached hydrogens (tertiary/aromatic N) is 1. The Kier molecular flexibility index (Phi) is 4.26. The average molecular weight is 255 g/mol. The van der Waals surface area contributed by atoms with Gasteiger partial charge in [0.15, 0.2) is 0 Å². The van der Waals surface area contributed by atoms with Gasteiger partial charge in [0.1, 0.15) is 0 Å². The summed E-state index contributed by atoms with van der Waals surface area (Å²) in [6.07, 6.45) is 1.08. The Morgan fingerprint density at radius 2 is 2.12 bits per heavy atom. The zero-order valence-electron chi connectivity index (χ0n) is 10.1. The van der Waals surface area contributed by atoms with Crippen molar-refractivity contribution in [3.8, 4) is 0 Å². The molecule has 1 fully saturated rings. The van der Waals surface area contributed by atoms with Gasteiger partial charge in [-0.2, -0.15) is 0 Å². The molecule has 1 saturated heterocycles. The van der Waals surface area contributed by atoms with Crippen LogP contribution in [-0.4, -0.2) is 36.9 Å². The molecule has 2 N–H and O–H groups in total. The molecule has 0 spiro atoms. The molecule has 4 heteroatoms. The largest absolute Gasteiger partial charge is 0.395 e. The summed E-state index contributed by atoms with van der Waals surface area (Å²) in [5.74, 6) is 0. The van der Waals surface area contributed by atoms with Gasteiger partial charge in [-0.05, 0) is 37.6 Å². The summed E-state index contributed by atoms with van der Waals surface area (Å²) in [4.78, 5) is 2.30. The molecule has 0 aliphatic carbocycles. The summed E-state index contributed by atoms with van der Waals surface area (Å²) in [5.41, 5.74) is 1.17. The maximum absolute atomic E-state index is 9.33. The summed E-state index contributed by atoms with van der Waals surface area (Å²) >= 11 is 5.89. The molecule has 0 amide bonds. The average Bonchev–Trinajstić information content (AvgIpc) is 2.52. The van der Waals surface area contributed by atoms with Crippen LogP contribution in [0.1, 0.15) is 13.3 Å². The second-order valence-electron chi connectivity index (χ2n) is 4.66. The summed E-state index contributed by atoms with van der Waals surface area (Å²) in [6, 6.07) is 8.48. The van der Waals surface area contributed by atoms with Gasteiger partial charge in [0.05, 0.1) is 6.61 Å². The normalized spacial score (nSPS) is 25.7. The maximum atomic E-state index is 9.33. The fourth-order valence-corrected chi connectivity index (χ4v) is 2.37. The number of halogens is 1. The summed E-state index contributed by atoms with van der Waals surface area (Å²) in [7, 11) is 0. The van der Waals surface area contributed by atoms with Gasteiger partial charge in [0.25, 0.3) is 0 Å². The number of anilines is 1. The van der Waals surface area contributed by atoms with E-state index in [0.717, 1.165) is 24.5 Å². The molecule has 1 aliphatic heterocycles. The molecule has 0 saturated carbocycles. The van der Waals surface area contributed by atoms with Crippen LogP contribution in [0.15, 0.2) is 24.3 Å². The van der Waals surface area contributed by atoms with Crippen LogP contribution in [0.4, 0.5) is 5.69 Å². The van der Waals surface area contributed by atoms with E-state index >= 15 is 0 Å². The predicted octanol–water partition coefficient (Wildman–Crippen LogP) is 1.89. The van der Waals surface area contributed by atoms with E-state index in [2.05, 4.69) is 17.1 Å². The lowest BCUT2D eigenvalue weighted by atomic mass is 10.2. The van der Waals surface area contributed by atoms with E-state index in [9.17, 15) is 5.11 Å². The smallest absolute Gasteiger partial charge is 0.0602 e. The summed E-state index contributed by atoms with van der Waals surface area (Å²) in [5, 5.41) is 13.5. The van der Waals surface area contributed by atoms with Crippen molar-refractivity contribution < 1.29 is 5.11 Å². The molecule has 2 rings (SSSR count). The van der Waals surface area contributed by atoms with Gasteiger partial charge < -0.3 is 15.3 Å². The topological polar surface area (TPSA) is 35.5 Å². The molecule has 0 aromatic heterocycles. The molecule has 0 radical (unpaired) electrons. The third-order valence-electron chi connectivity index (χ3n) is 3.21. The fourth-order valence-electron chi connectivity index (χ4n) is 2.24. The van der Waals surface area contributed by atoms with Crippen molar-refractivity contribution in [3.05, 3.63) is 29.3 Å². The number of nitrogens with one attached hydrogen (secondary N) is 1. The molecule has 17 heavy (non-hydrogen) atoms. The van der Waals surface area contributed by atoms with Gasteiger partial charge in [0.2, 0.25) is 0 Å². The molecule has 1 aliphatic rings. The molecule has 0 bridgehead atoms. The zero-order valence-corrected chi connectivity index (χ0v) is 10.8. The van der Waals surface area contributed by atoms with Crippen LogP contribution in [0, 0.1) is 0 Å². The lowest BCUT2D eigenvalue weighted by molar-refractivity contribution is 0.240. The molecule has 2 atom stereocenters. The highest BCUT2D eigenvalue weighted by Crippen LogP contribution is 2.20. The van der Waals surface area contributed by atoms with E-state index < -0.39 is 0 Å². The lowest BCUT2D eigenvalue weighted by Crippen LogP contribution is -2.42. The molecule has 1 heterocycles. The monoisotopic (exact) mass is 254 g/mol. The highest BCUT2D eigenvalue weighted by molar-refractivity contribution is 6.30. The van der Waals surface area contributed by atoms with Gasteiger partial charge in [-0.3, -0.25) is 0 Å². The number of aliphatic hydroxyl groups is 1. The predicted molar refractivity (Wildman–Crippen MR) is 71.8 cm³/mol. The first-order valence-electron chi connectivity index (χ1n) is 6.06. The third kappa shape index (κ3) is 3.35. The number of hydrogen-bond donors (Lipinski definition) is 2.